The molecule has 0 saturated carbocycles. The first-order valence-electron chi connectivity index (χ1n) is 13.9. The summed E-state index contributed by atoms with van der Waals surface area (Å²) in [4.78, 5) is 41.1. The number of carbonyl (C=O) groups excluding carboxylic acids is 2. The van der Waals surface area contributed by atoms with Crippen LogP contribution in [0.3, 0.4) is 0 Å². The van der Waals surface area contributed by atoms with Gasteiger partial charge in [-0.25, -0.2) is 9.59 Å². The minimum absolute atomic E-state index is 0.0675. The zero-order chi connectivity index (χ0) is 29.1. The highest BCUT2D eigenvalue weighted by Gasteiger charge is 2.37. The van der Waals surface area contributed by atoms with Gasteiger partial charge in [-0.15, -0.1) is 0 Å². The molecule has 7 nitrogen and oxygen atoms in total. The zero-order valence-corrected chi connectivity index (χ0v) is 22.9. The molecule has 210 valence electrons. The van der Waals surface area contributed by atoms with Gasteiger partial charge in [-0.05, 0) is 49.9 Å². The fourth-order valence-corrected chi connectivity index (χ4v) is 5.75. The second kappa shape index (κ2) is 11.7. The van der Waals surface area contributed by atoms with Crippen molar-refractivity contribution in [3.05, 3.63) is 131 Å². The number of rotatable bonds is 7. The molecule has 1 heterocycles. The predicted molar refractivity (Wildman–Crippen MR) is 161 cm³/mol. The quantitative estimate of drug-likeness (QED) is 0.244. The number of nitrogens with zero attached hydrogens (tertiary/aromatic N) is 1. The van der Waals surface area contributed by atoms with E-state index in [-0.39, 0.29) is 26.0 Å². The standard InChI is InChI=1S/C35H30N2O5/c38-33(32-19-24-12-4-5-15-27(24)21-37(32)35(41)42-22-23-10-2-1-3-11-23)36-31(34(39)40)20-30-28-16-8-6-13-25(28)18-26-14-7-9-17-29(26)30/h1-18,31-32H,19-22H2,(H,36,38)(H,39,40)/t31-,32+/m1/s1. The van der Waals surface area contributed by atoms with Crippen LogP contribution in [0.15, 0.2) is 109 Å². The van der Waals surface area contributed by atoms with Gasteiger partial charge in [0.2, 0.25) is 5.91 Å². The molecular formula is C35H30N2O5. The molecule has 0 saturated heterocycles. The molecule has 0 unspecified atom stereocenters. The van der Waals surface area contributed by atoms with Gasteiger partial charge in [-0.2, -0.15) is 0 Å². The molecule has 0 radical (unpaired) electrons. The molecule has 0 fully saturated rings. The van der Waals surface area contributed by atoms with Gasteiger partial charge in [0, 0.05) is 12.8 Å². The van der Waals surface area contributed by atoms with Crippen molar-refractivity contribution in [3.8, 4) is 0 Å². The van der Waals surface area contributed by atoms with Crippen molar-refractivity contribution in [2.24, 2.45) is 0 Å². The molecule has 1 aliphatic rings. The molecule has 5 aromatic carbocycles. The van der Waals surface area contributed by atoms with E-state index in [4.69, 9.17) is 4.74 Å². The number of carbonyl (C=O) groups is 3. The second-order valence-corrected chi connectivity index (χ2v) is 10.6. The molecule has 7 heteroatoms. The lowest BCUT2D eigenvalue weighted by molar-refractivity contribution is -0.142. The summed E-state index contributed by atoms with van der Waals surface area (Å²) in [5.74, 6) is -1.67. The Balaban J connectivity index is 1.28. The first-order chi connectivity index (χ1) is 20.5. The summed E-state index contributed by atoms with van der Waals surface area (Å²) in [5.41, 5.74) is 3.55. The first-order valence-corrected chi connectivity index (χ1v) is 13.9. The van der Waals surface area contributed by atoms with Crippen molar-refractivity contribution in [2.75, 3.05) is 0 Å². The molecule has 0 aromatic heterocycles. The number of aliphatic carboxylic acids is 1. The van der Waals surface area contributed by atoms with Crippen molar-refractivity contribution < 1.29 is 24.2 Å². The van der Waals surface area contributed by atoms with Crippen LogP contribution >= 0.6 is 0 Å². The number of hydrogen-bond donors (Lipinski definition) is 2. The first kappa shape index (κ1) is 27.0. The summed E-state index contributed by atoms with van der Waals surface area (Å²) in [6, 6.07) is 32.6. The van der Waals surface area contributed by atoms with Crippen LogP contribution in [0.4, 0.5) is 4.79 Å². The van der Waals surface area contributed by atoms with Gasteiger partial charge in [0.15, 0.2) is 0 Å². The number of hydrogen-bond acceptors (Lipinski definition) is 4. The van der Waals surface area contributed by atoms with E-state index in [9.17, 15) is 19.5 Å². The highest BCUT2D eigenvalue weighted by Crippen LogP contribution is 2.30. The fraction of sp³-hybridized carbons (Fsp3) is 0.171. The zero-order valence-electron chi connectivity index (χ0n) is 22.9. The molecule has 6 rings (SSSR count). The lowest BCUT2D eigenvalue weighted by atomic mass is 9.91. The third-order valence-electron chi connectivity index (χ3n) is 7.90. The molecule has 0 spiro atoms. The van der Waals surface area contributed by atoms with E-state index in [1.165, 1.54) is 4.90 Å². The van der Waals surface area contributed by atoms with Gasteiger partial charge < -0.3 is 15.2 Å². The topological polar surface area (TPSA) is 95.9 Å². The predicted octanol–water partition coefficient (Wildman–Crippen LogP) is 5.87. The molecule has 2 N–H and O–H groups in total. The van der Waals surface area contributed by atoms with Crippen molar-refractivity contribution in [2.45, 2.75) is 38.1 Å². The van der Waals surface area contributed by atoms with Crippen molar-refractivity contribution in [1.29, 1.82) is 0 Å². The third kappa shape index (κ3) is 5.54. The smallest absolute Gasteiger partial charge is 0.411 e. The number of carboxylic acids is 1. The molecular weight excluding hydrogens is 528 g/mol. The largest absolute Gasteiger partial charge is 0.480 e. The Morgan fingerprint density at radius 3 is 2.07 bits per heavy atom. The highest BCUT2D eigenvalue weighted by molar-refractivity contribution is 6.03. The molecule has 0 bridgehead atoms. The average molecular weight is 559 g/mol. The summed E-state index contributed by atoms with van der Waals surface area (Å²) in [6.07, 6.45) is -0.281. The Kier molecular flexibility index (Phi) is 7.56. The van der Waals surface area contributed by atoms with E-state index in [1.807, 2.05) is 103 Å². The molecule has 0 aliphatic carbocycles. The summed E-state index contributed by atoms with van der Waals surface area (Å²) in [7, 11) is 0. The Labute approximate surface area is 243 Å². The van der Waals surface area contributed by atoms with Crippen LogP contribution in [-0.4, -0.2) is 40.1 Å². The van der Waals surface area contributed by atoms with E-state index >= 15 is 0 Å². The Morgan fingerprint density at radius 2 is 1.40 bits per heavy atom. The normalized spacial score (nSPS) is 15.1. The third-order valence-corrected chi connectivity index (χ3v) is 7.90. The number of fused-ring (bicyclic) bond motifs is 3. The van der Waals surface area contributed by atoms with E-state index in [2.05, 4.69) is 11.4 Å². The van der Waals surface area contributed by atoms with Crippen molar-refractivity contribution in [3.63, 3.8) is 0 Å². The molecule has 1 aliphatic heterocycles. The van der Waals surface area contributed by atoms with Gasteiger partial charge >= 0.3 is 12.1 Å². The Bertz CT molecular complexity index is 1730. The fourth-order valence-electron chi connectivity index (χ4n) is 5.75. The minimum atomic E-state index is -1.20. The van der Waals surface area contributed by atoms with Crippen LogP contribution in [0.1, 0.15) is 22.3 Å². The minimum Gasteiger partial charge on any atom is -0.480 e. The van der Waals surface area contributed by atoms with E-state index in [0.717, 1.165) is 43.8 Å². The Morgan fingerprint density at radius 1 is 0.810 bits per heavy atom. The number of ether oxygens (including phenoxy) is 1. The van der Waals surface area contributed by atoms with Crippen molar-refractivity contribution >= 4 is 39.5 Å². The van der Waals surface area contributed by atoms with E-state index in [1.54, 1.807) is 0 Å². The lowest BCUT2D eigenvalue weighted by Crippen LogP contribution is -2.56. The summed E-state index contributed by atoms with van der Waals surface area (Å²) >= 11 is 0. The van der Waals surface area contributed by atoms with Crippen LogP contribution < -0.4 is 5.32 Å². The lowest BCUT2D eigenvalue weighted by Gasteiger charge is -2.35. The maximum absolute atomic E-state index is 13.8. The van der Waals surface area contributed by atoms with Gasteiger partial charge in [-0.1, -0.05) is 103 Å². The molecule has 2 amide bonds. The van der Waals surface area contributed by atoms with E-state index < -0.39 is 30.1 Å². The van der Waals surface area contributed by atoms with Gasteiger partial charge in [0.25, 0.3) is 0 Å². The molecule has 42 heavy (non-hydrogen) atoms. The average Bonchev–Trinajstić information content (AvgIpc) is 3.02. The van der Waals surface area contributed by atoms with Crippen molar-refractivity contribution in [1.82, 2.24) is 10.2 Å². The van der Waals surface area contributed by atoms with Crippen LogP contribution in [-0.2, 0) is 40.3 Å². The summed E-state index contributed by atoms with van der Waals surface area (Å²) in [5, 5.41) is 16.9. The second-order valence-electron chi connectivity index (χ2n) is 10.6. The number of amides is 2. The van der Waals surface area contributed by atoms with Gasteiger partial charge in [0.1, 0.15) is 18.7 Å². The number of nitrogens with one attached hydrogen (secondary N) is 1. The summed E-state index contributed by atoms with van der Waals surface area (Å²) in [6.45, 7) is 0.256. The van der Waals surface area contributed by atoms with E-state index in [0.29, 0.717) is 0 Å². The Hall–Kier alpha value is -5.17. The van der Waals surface area contributed by atoms with Crippen LogP contribution in [0.5, 0.6) is 0 Å². The van der Waals surface area contributed by atoms with Crippen LogP contribution in [0, 0.1) is 0 Å². The maximum Gasteiger partial charge on any atom is 0.411 e. The molecule has 2 atom stereocenters. The monoisotopic (exact) mass is 558 g/mol. The number of benzene rings is 5. The maximum atomic E-state index is 13.8. The highest BCUT2D eigenvalue weighted by atomic mass is 16.6. The summed E-state index contributed by atoms with van der Waals surface area (Å²) < 4.78 is 5.60. The SMILES string of the molecule is O=C(O)[C@@H](Cc1c2ccccc2cc2ccccc12)NC(=O)[C@@H]1Cc2ccccc2CN1C(=O)OCc1ccccc1. The van der Waals surface area contributed by atoms with Gasteiger partial charge in [0.05, 0.1) is 6.54 Å². The van der Waals surface area contributed by atoms with Gasteiger partial charge in [-0.3, -0.25) is 9.69 Å². The van der Waals surface area contributed by atoms with Crippen LogP contribution in [0.2, 0.25) is 0 Å². The molecule has 5 aromatic rings. The number of carboxylic acid groups (broad SMARTS) is 1. The van der Waals surface area contributed by atoms with Crippen LogP contribution in [0.25, 0.3) is 21.5 Å².